The van der Waals surface area contributed by atoms with E-state index < -0.39 is 6.04 Å². The molecule has 0 radical (unpaired) electrons. The topological polar surface area (TPSA) is 76.5 Å². The lowest BCUT2D eigenvalue weighted by molar-refractivity contribution is -0.119. The lowest BCUT2D eigenvalue weighted by atomic mass is 10.2. The highest BCUT2D eigenvalue weighted by molar-refractivity contribution is 7.18. The van der Waals surface area contributed by atoms with Gasteiger partial charge in [-0.2, -0.15) is 0 Å². The third-order valence-corrected chi connectivity index (χ3v) is 6.88. The molecule has 8 heteroatoms. The van der Waals surface area contributed by atoms with Crippen molar-refractivity contribution < 1.29 is 9.53 Å². The molecule has 0 saturated heterocycles. The number of anilines is 1. The van der Waals surface area contributed by atoms with Crippen LogP contribution in [0.1, 0.15) is 50.0 Å². The van der Waals surface area contributed by atoms with Gasteiger partial charge in [-0.3, -0.25) is 19.1 Å². The average Bonchev–Trinajstić information content (AvgIpc) is 3.06. The van der Waals surface area contributed by atoms with E-state index in [-0.39, 0.29) is 11.5 Å². The van der Waals surface area contributed by atoms with Crippen LogP contribution in [0.4, 0.5) is 5.69 Å². The van der Waals surface area contributed by atoms with E-state index in [1.54, 1.807) is 17.6 Å². The lowest BCUT2D eigenvalue weighted by Gasteiger charge is -2.23. The summed E-state index contributed by atoms with van der Waals surface area (Å²) in [6.07, 6.45) is 0. The molecule has 7 nitrogen and oxygen atoms in total. The SMILES string of the molecule is CCOc1ccccc1NC(=O)C(C)n1c(CN(CC)CC)nc2sc(C)c(C)c2c1=O. The van der Waals surface area contributed by atoms with Crippen LogP contribution < -0.4 is 15.6 Å². The summed E-state index contributed by atoms with van der Waals surface area (Å²) in [5.74, 6) is 0.920. The molecule has 0 saturated carbocycles. The predicted octanol–water partition coefficient (Wildman–Crippen LogP) is 4.52. The molecule has 3 rings (SSSR count). The van der Waals surface area contributed by atoms with Crippen LogP contribution >= 0.6 is 11.3 Å². The maximum absolute atomic E-state index is 13.6. The summed E-state index contributed by atoms with van der Waals surface area (Å²) in [5.41, 5.74) is 1.35. The number of para-hydroxylation sites is 2. The molecule has 1 N–H and O–H groups in total. The Balaban J connectivity index is 2.07. The van der Waals surface area contributed by atoms with Crippen LogP contribution in [0.5, 0.6) is 5.75 Å². The number of fused-ring (bicyclic) bond motifs is 1. The summed E-state index contributed by atoms with van der Waals surface area (Å²) >= 11 is 1.53. The average molecular weight is 457 g/mol. The van der Waals surface area contributed by atoms with Crippen LogP contribution in [0.2, 0.25) is 0 Å². The molecule has 0 bridgehead atoms. The first kappa shape index (κ1) is 23.9. The number of thiophene rings is 1. The smallest absolute Gasteiger partial charge is 0.263 e. The zero-order valence-electron chi connectivity index (χ0n) is 19.7. The highest BCUT2D eigenvalue weighted by Crippen LogP contribution is 2.28. The number of amides is 1. The molecular formula is C24H32N4O3S. The largest absolute Gasteiger partial charge is 0.492 e. The highest BCUT2D eigenvalue weighted by atomic mass is 32.1. The van der Waals surface area contributed by atoms with E-state index in [1.807, 2.05) is 39.0 Å². The molecule has 0 fully saturated rings. The first-order valence-corrected chi connectivity index (χ1v) is 11.9. The first-order chi connectivity index (χ1) is 15.3. The molecule has 0 aliphatic rings. The summed E-state index contributed by atoms with van der Waals surface area (Å²) in [6.45, 7) is 14.4. The van der Waals surface area contributed by atoms with Crippen LogP contribution in [0.15, 0.2) is 29.1 Å². The number of nitrogens with zero attached hydrogens (tertiary/aromatic N) is 3. The second-order valence-electron chi connectivity index (χ2n) is 7.72. The van der Waals surface area contributed by atoms with Crippen molar-refractivity contribution in [3.8, 4) is 5.75 Å². The Kier molecular flexibility index (Phi) is 7.69. The molecular weight excluding hydrogens is 424 g/mol. The number of ether oxygens (including phenoxy) is 1. The van der Waals surface area contributed by atoms with Gasteiger partial charge in [-0.25, -0.2) is 4.98 Å². The van der Waals surface area contributed by atoms with Gasteiger partial charge < -0.3 is 10.1 Å². The van der Waals surface area contributed by atoms with Gasteiger partial charge in [0.25, 0.3) is 5.56 Å². The van der Waals surface area contributed by atoms with E-state index in [1.165, 1.54) is 11.3 Å². The number of carbonyl (C=O) groups excluding carboxylic acids is 1. The van der Waals surface area contributed by atoms with Crippen molar-refractivity contribution in [1.82, 2.24) is 14.5 Å². The molecule has 2 aromatic heterocycles. The minimum absolute atomic E-state index is 0.167. The monoisotopic (exact) mass is 456 g/mol. The Morgan fingerprint density at radius 2 is 1.91 bits per heavy atom. The maximum atomic E-state index is 13.6. The van der Waals surface area contributed by atoms with Gasteiger partial charge in [-0.1, -0.05) is 26.0 Å². The summed E-state index contributed by atoms with van der Waals surface area (Å²) < 4.78 is 7.18. The molecule has 0 aliphatic carbocycles. The van der Waals surface area contributed by atoms with E-state index in [0.717, 1.165) is 28.4 Å². The quantitative estimate of drug-likeness (QED) is 0.512. The third-order valence-electron chi connectivity index (χ3n) is 5.78. The van der Waals surface area contributed by atoms with Crippen molar-refractivity contribution in [3.63, 3.8) is 0 Å². The Hall–Kier alpha value is -2.71. The number of hydrogen-bond donors (Lipinski definition) is 1. The van der Waals surface area contributed by atoms with E-state index in [9.17, 15) is 9.59 Å². The van der Waals surface area contributed by atoms with Gasteiger partial charge in [0.05, 0.1) is 24.2 Å². The summed E-state index contributed by atoms with van der Waals surface area (Å²) in [5, 5.41) is 3.54. The number of benzene rings is 1. The number of rotatable bonds is 9. The lowest BCUT2D eigenvalue weighted by Crippen LogP contribution is -2.37. The maximum Gasteiger partial charge on any atom is 0.263 e. The first-order valence-electron chi connectivity index (χ1n) is 11.1. The van der Waals surface area contributed by atoms with Crippen LogP contribution in [0.3, 0.4) is 0 Å². The highest BCUT2D eigenvalue weighted by Gasteiger charge is 2.25. The van der Waals surface area contributed by atoms with E-state index in [2.05, 4.69) is 24.1 Å². The number of aryl methyl sites for hydroxylation is 2. The van der Waals surface area contributed by atoms with E-state index in [4.69, 9.17) is 9.72 Å². The summed E-state index contributed by atoms with van der Waals surface area (Å²) in [6, 6.07) is 6.57. The van der Waals surface area contributed by atoms with Crippen LogP contribution in [-0.4, -0.2) is 40.1 Å². The number of aromatic nitrogens is 2. The zero-order chi connectivity index (χ0) is 23.4. The fraction of sp³-hybridized carbons (Fsp3) is 0.458. The molecule has 0 spiro atoms. The normalized spacial score (nSPS) is 12.3. The Bertz CT molecular complexity index is 1160. The van der Waals surface area contributed by atoms with Crippen molar-refractivity contribution in [3.05, 3.63) is 50.9 Å². The zero-order valence-corrected chi connectivity index (χ0v) is 20.5. The molecule has 172 valence electrons. The van der Waals surface area contributed by atoms with Gasteiger partial charge in [0, 0.05) is 4.88 Å². The van der Waals surface area contributed by atoms with Gasteiger partial charge in [0.1, 0.15) is 22.4 Å². The molecule has 1 unspecified atom stereocenters. The van der Waals surface area contributed by atoms with Crippen molar-refractivity contribution >= 4 is 33.1 Å². The van der Waals surface area contributed by atoms with Crippen molar-refractivity contribution in [2.24, 2.45) is 0 Å². The molecule has 32 heavy (non-hydrogen) atoms. The van der Waals surface area contributed by atoms with Crippen LogP contribution in [0, 0.1) is 13.8 Å². The van der Waals surface area contributed by atoms with Crippen molar-refractivity contribution in [1.29, 1.82) is 0 Å². The molecule has 0 aliphatic heterocycles. The third kappa shape index (κ3) is 4.71. The molecule has 2 heterocycles. The van der Waals surface area contributed by atoms with Gasteiger partial charge in [-0.15, -0.1) is 11.3 Å². The van der Waals surface area contributed by atoms with Gasteiger partial charge in [0.2, 0.25) is 5.91 Å². The van der Waals surface area contributed by atoms with Crippen LogP contribution in [0.25, 0.3) is 10.2 Å². The predicted molar refractivity (Wildman–Crippen MR) is 131 cm³/mol. The van der Waals surface area contributed by atoms with Gasteiger partial charge in [0.15, 0.2) is 0 Å². The molecule has 1 amide bonds. The second-order valence-corrected chi connectivity index (χ2v) is 8.93. The fourth-order valence-corrected chi connectivity index (χ4v) is 4.75. The summed E-state index contributed by atoms with van der Waals surface area (Å²) in [7, 11) is 0. The molecule has 1 atom stereocenters. The minimum atomic E-state index is -0.737. The van der Waals surface area contributed by atoms with Crippen molar-refractivity contribution in [2.75, 3.05) is 25.0 Å². The van der Waals surface area contributed by atoms with Gasteiger partial charge >= 0.3 is 0 Å². The Morgan fingerprint density at radius 1 is 1.22 bits per heavy atom. The number of nitrogens with one attached hydrogen (secondary N) is 1. The molecule has 3 aromatic rings. The van der Waals surface area contributed by atoms with Gasteiger partial charge in [-0.05, 0) is 58.5 Å². The van der Waals surface area contributed by atoms with E-state index >= 15 is 0 Å². The summed E-state index contributed by atoms with van der Waals surface area (Å²) in [4.78, 5) is 35.7. The Labute approximate surface area is 193 Å². The minimum Gasteiger partial charge on any atom is -0.492 e. The van der Waals surface area contributed by atoms with E-state index in [0.29, 0.717) is 35.8 Å². The fourth-order valence-electron chi connectivity index (χ4n) is 3.71. The number of hydrogen-bond acceptors (Lipinski definition) is 6. The standard InChI is InChI=1S/C24H32N4O3S/c1-7-27(8-2)14-20-26-23-21(15(4)17(6)32-23)24(30)28(20)16(5)22(29)25-18-12-10-11-13-19(18)31-9-3/h10-13,16H,7-9,14H2,1-6H3,(H,25,29). The van der Waals surface area contributed by atoms with Crippen molar-refractivity contribution in [2.45, 2.75) is 54.1 Å². The Morgan fingerprint density at radius 3 is 2.56 bits per heavy atom. The van der Waals surface area contributed by atoms with Crippen LogP contribution in [-0.2, 0) is 11.3 Å². The second kappa shape index (κ2) is 10.3. The molecule has 1 aromatic carbocycles. The number of carbonyl (C=O) groups is 1.